The molecular formula is C16H19FN2O4. The molecule has 1 aliphatic rings. The molecule has 3 rings (SSSR count). The van der Waals surface area contributed by atoms with E-state index in [4.69, 9.17) is 4.42 Å². The zero-order chi connectivity index (χ0) is 16.4. The third kappa shape index (κ3) is 3.51. The third-order valence-corrected chi connectivity index (χ3v) is 4.27. The molecule has 0 radical (unpaired) electrons. The molecule has 0 saturated carbocycles. The number of oxazole rings is 1. The number of benzene rings is 1. The van der Waals surface area contributed by atoms with Crippen LogP contribution in [0.5, 0.6) is 0 Å². The van der Waals surface area contributed by atoms with Gasteiger partial charge < -0.3 is 14.3 Å². The summed E-state index contributed by atoms with van der Waals surface area (Å²) >= 11 is 0. The highest BCUT2D eigenvalue weighted by Gasteiger charge is 2.30. The Morgan fingerprint density at radius 2 is 2.26 bits per heavy atom. The Morgan fingerprint density at radius 3 is 2.96 bits per heavy atom. The molecule has 1 aliphatic heterocycles. The van der Waals surface area contributed by atoms with Crippen LogP contribution in [0.3, 0.4) is 0 Å². The lowest BCUT2D eigenvalue weighted by Crippen LogP contribution is -2.40. The first-order valence-electron chi connectivity index (χ1n) is 7.60. The van der Waals surface area contributed by atoms with Crippen molar-refractivity contribution in [2.24, 2.45) is 5.92 Å². The number of methoxy groups -OCH3 is 1. The summed E-state index contributed by atoms with van der Waals surface area (Å²) in [4.78, 5) is 17.8. The molecule has 2 aromatic rings. The Kier molecular flexibility index (Phi) is 4.58. The largest absolute Gasteiger partial charge is 0.467 e. The summed E-state index contributed by atoms with van der Waals surface area (Å²) < 4.78 is 23.3. The maximum Gasteiger partial charge on any atom is 0.334 e. The second-order valence-corrected chi connectivity index (χ2v) is 5.80. The molecule has 0 aliphatic carbocycles. The van der Waals surface area contributed by atoms with Crippen LogP contribution in [0.2, 0.25) is 0 Å². The number of likely N-dealkylation sites (tertiary alicyclic amines) is 1. The Hall–Kier alpha value is -1.99. The summed E-state index contributed by atoms with van der Waals surface area (Å²) in [5.74, 6) is -0.464. The van der Waals surface area contributed by atoms with E-state index >= 15 is 0 Å². The summed E-state index contributed by atoms with van der Waals surface area (Å²) in [6, 6.07) is 4.26. The topological polar surface area (TPSA) is 75.8 Å². The molecule has 1 atom stereocenters. The van der Waals surface area contributed by atoms with Crippen molar-refractivity contribution in [1.29, 1.82) is 0 Å². The standard InChI is InChI=1S/C16H19FN2O4/c1-22-16(21)15(20)10-4-6-19(7-5-10)9-14-18-12-8-11(17)2-3-13(12)23-14/h2-3,8,10,15,20H,4-7,9H2,1H3. The Bertz CT molecular complexity index is 694. The summed E-state index contributed by atoms with van der Waals surface area (Å²) in [6.45, 7) is 1.98. The number of fused-ring (bicyclic) bond motifs is 1. The maximum atomic E-state index is 13.2. The minimum Gasteiger partial charge on any atom is -0.467 e. The molecule has 1 unspecified atom stereocenters. The highest BCUT2D eigenvalue weighted by atomic mass is 19.1. The van der Waals surface area contributed by atoms with Crippen LogP contribution < -0.4 is 0 Å². The van der Waals surface area contributed by atoms with E-state index in [-0.39, 0.29) is 11.7 Å². The van der Waals surface area contributed by atoms with Crippen LogP contribution in [0.1, 0.15) is 18.7 Å². The molecular weight excluding hydrogens is 303 g/mol. The Labute approximate surface area is 132 Å². The van der Waals surface area contributed by atoms with Crippen molar-refractivity contribution in [1.82, 2.24) is 9.88 Å². The smallest absolute Gasteiger partial charge is 0.334 e. The average Bonchev–Trinajstić information content (AvgIpc) is 2.95. The molecule has 1 N–H and O–H groups in total. The average molecular weight is 322 g/mol. The first-order valence-corrected chi connectivity index (χ1v) is 7.60. The Balaban J connectivity index is 1.58. The van der Waals surface area contributed by atoms with Crippen LogP contribution >= 0.6 is 0 Å². The number of carbonyl (C=O) groups excluding carboxylic acids is 1. The van der Waals surface area contributed by atoms with E-state index in [0.29, 0.717) is 36.4 Å². The number of hydrogen-bond acceptors (Lipinski definition) is 6. The lowest BCUT2D eigenvalue weighted by Gasteiger charge is -2.32. The molecule has 124 valence electrons. The normalized spacial score (nSPS) is 18.2. The van der Waals surface area contributed by atoms with Crippen molar-refractivity contribution >= 4 is 17.1 Å². The van der Waals surface area contributed by atoms with E-state index in [9.17, 15) is 14.3 Å². The number of nitrogens with zero attached hydrogens (tertiary/aromatic N) is 2. The highest BCUT2D eigenvalue weighted by Crippen LogP contribution is 2.24. The molecule has 1 saturated heterocycles. The van der Waals surface area contributed by atoms with Gasteiger partial charge in [0.05, 0.1) is 13.7 Å². The number of aliphatic hydroxyl groups excluding tert-OH is 1. The van der Waals surface area contributed by atoms with Crippen molar-refractivity contribution in [3.63, 3.8) is 0 Å². The molecule has 2 heterocycles. The number of aromatic nitrogens is 1. The van der Waals surface area contributed by atoms with Crippen LogP contribution in [-0.2, 0) is 16.1 Å². The van der Waals surface area contributed by atoms with Crippen molar-refractivity contribution in [2.75, 3.05) is 20.2 Å². The molecule has 0 spiro atoms. The Morgan fingerprint density at radius 1 is 1.52 bits per heavy atom. The zero-order valence-corrected chi connectivity index (χ0v) is 12.9. The first kappa shape index (κ1) is 15.9. The zero-order valence-electron chi connectivity index (χ0n) is 12.9. The number of ether oxygens (including phenoxy) is 1. The lowest BCUT2D eigenvalue weighted by atomic mass is 9.91. The number of hydrogen-bond donors (Lipinski definition) is 1. The van der Waals surface area contributed by atoms with Crippen molar-refractivity contribution in [3.8, 4) is 0 Å². The number of aliphatic hydroxyl groups is 1. The van der Waals surface area contributed by atoms with Crippen LogP contribution in [0, 0.1) is 11.7 Å². The van der Waals surface area contributed by atoms with E-state index in [1.54, 1.807) is 6.07 Å². The van der Waals surface area contributed by atoms with Gasteiger partial charge in [0, 0.05) is 6.07 Å². The van der Waals surface area contributed by atoms with Crippen LogP contribution in [0.15, 0.2) is 22.6 Å². The van der Waals surface area contributed by atoms with Crippen LogP contribution in [0.25, 0.3) is 11.1 Å². The number of carbonyl (C=O) groups is 1. The van der Waals surface area contributed by atoms with E-state index in [1.807, 2.05) is 0 Å². The van der Waals surface area contributed by atoms with Gasteiger partial charge in [-0.25, -0.2) is 14.2 Å². The van der Waals surface area contributed by atoms with Gasteiger partial charge in [0.2, 0.25) is 5.89 Å². The molecule has 23 heavy (non-hydrogen) atoms. The second kappa shape index (κ2) is 6.64. The van der Waals surface area contributed by atoms with Crippen molar-refractivity contribution < 1.29 is 23.4 Å². The fourth-order valence-corrected chi connectivity index (χ4v) is 2.95. The summed E-state index contributed by atoms with van der Waals surface area (Å²) in [5.41, 5.74) is 1.08. The molecule has 1 aromatic carbocycles. The van der Waals surface area contributed by atoms with Gasteiger partial charge >= 0.3 is 5.97 Å². The van der Waals surface area contributed by atoms with Crippen molar-refractivity contribution in [3.05, 3.63) is 29.9 Å². The molecule has 1 fully saturated rings. The fraction of sp³-hybridized carbons (Fsp3) is 0.500. The van der Waals surface area contributed by atoms with Gasteiger partial charge in [-0.3, -0.25) is 4.90 Å². The van der Waals surface area contributed by atoms with Crippen LogP contribution in [-0.4, -0.2) is 47.3 Å². The van der Waals surface area contributed by atoms with E-state index < -0.39 is 12.1 Å². The van der Waals surface area contributed by atoms with Crippen LogP contribution in [0.4, 0.5) is 4.39 Å². The molecule has 1 aromatic heterocycles. The molecule has 7 heteroatoms. The van der Waals surface area contributed by atoms with Gasteiger partial charge in [-0.15, -0.1) is 0 Å². The van der Waals surface area contributed by atoms with Gasteiger partial charge in [-0.1, -0.05) is 0 Å². The predicted molar refractivity (Wildman–Crippen MR) is 80.0 cm³/mol. The van der Waals surface area contributed by atoms with E-state index in [1.165, 1.54) is 19.2 Å². The first-order chi connectivity index (χ1) is 11.1. The number of rotatable bonds is 4. The van der Waals surface area contributed by atoms with Gasteiger partial charge in [-0.2, -0.15) is 0 Å². The van der Waals surface area contributed by atoms with Crippen molar-refractivity contribution in [2.45, 2.75) is 25.5 Å². The summed E-state index contributed by atoms with van der Waals surface area (Å²) in [5, 5.41) is 9.88. The minimum atomic E-state index is -1.06. The SMILES string of the molecule is COC(=O)C(O)C1CCN(Cc2nc3cc(F)ccc3o2)CC1. The van der Waals surface area contributed by atoms with E-state index in [0.717, 1.165) is 13.1 Å². The maximum absolute atomic E-state index is 13.2. The quantitative estimate of drug-likeness (QED) is 0.864. The number of piperidine rings is 1. The lowest BCUT2D eigenvalue weighted by molar-refractivity contribution is -0.154. The summed E-state index contributed by atoms with van der Waals surface area (Å²) in [7, 11) is 1.27. The number of esters is 1. The highest BCUT2D eigenvalue weighted by molar-refractivity contribution is 5.74. The monoisotopic (exact) mass is 322 g/mol. The van der Waals surface area contributed by atoms with Gasteiger partial charge in [0.25, 0.3) is 0 Å². The fourth-order valence-electron chi connectivity index (χ4n) is 2.95. The number of halogens is 1. The molecule has 0 amide bonds. The summed E-state index contributed by atoms with van der Waals surface area (Å²) in [6.07, 6.45) is 0.338. The van der Waals surface area contributed by atoms with E-state index in [2.05, 4.69) is 14.6 Å². The minimum absolute atomic E-state index is 0.0866. The predicted octanol–water partition coefficient (Wildman–Crippen LogP) is 1.71. The third-order valence-electron chi connectivity index (χ3n) is 4.27. The van der Waals surface area contributed by atoms with Gasteiger partial charge in [-0.05, 0) is 44.0 Å². The van der Waals surface area contributed by atoms with Gasteiger partial charge in [0.1, 0.15) is 11.3 Å². The van der Waals surface area contributed by atoms with Gasteiger partial charge in [0.15, 0.2) is 11.7 Å². The molecule has 0 bridgehead atoms. The second-order valence-electron chi connectivity index (χ2n) is 5.80. The molecule has 6 nitrogen and oxygen atoms in total.